The second kappa shape index (κ2) is 6.76. The molecule has 116 valence electrons. The van der Waals surface area contributed by atoms with Crippen LogP contribution in [0.5, 0.6) is 5.75 Å². The van der Waals surface area contributed by atoms with Gasteiger partial charge in [0.2, 0.25) is 0 Å². The molecule has 1 fully saturated rings. The van der Waals surface area contributed by atoms with Gasteiger partial charge < -0.3 is 15.0 Å². The Hall–Kier alpha value is -1.82. The number of anilines is 1. The van der Waals surface area contributed by atoms with E-state index in [-0.39, 0.29) is 11.8 Å². The molecule has 1 aromatic carbocycles. The first kappa shape index (κ1) is 15.6. The molecule has 1 aliphatic rings. The number of nitrogens with one attached hydrogen (secondary N) is 1. The molecule has 0 aliphatic heterocycles. The van der Waals surface area contributed by atoms with Crippen LogP contribution in [0.15, 0.2) is 18.2 Å². The van der Waals surface area contributed by atoms with Crippen molar-refractivity contribution in [3.63, 3.8) is 0 Å². The molecule has 0 unspecified atom stereocenters. The number of hydrogen-bond acceptors (Lipinski definition) is 5. The van der Waals surface area contributed by atoms with Gasteiger partial charge in [-0.25, -0.2) is 0 Å². The molecule has 2 rings (SSSR count). The van der Waals surface area contributed by atoms with Crippen molar-refractivity contribution in [1.82, 2.24) is 4.90 Å². The van der Waals surface area contributed by atoms with E-state index in [1.807, 2.05) is 19.9 Å². The van der Waals surface area contributed by atoms with E-state index in [4.69, 9.17) is 4.74 Å². The Morgan fingerprint density at radius 2 is 2.14 bits per heavy atom. The third-order valence-corrected chi connectivity index (χ3v) is 3.44. The van der Waals surface area contributed by atoms with Crippen LogP contribution in [-0.4, -0.2) is 42.1 Å². The van der Waals surface area contributed by atoms with Crippen LogP contribution in [-0.2, 0) is 0 Å². The summed E-state index contributed by atoms with van der Waals surface area (Å²) >= 11 is 0. The molecule has 0 bridgehead atoms. The highest BCUT2D eigenvalue weighted by Gasteiger charge is 2.25. The quantitative estimate of drug-likeness (QED) is 0.589. The topological polar surface area (TPSA) is 67.6 Å². The Balaban J connectivity index is 1.98. The first-order chi connectivity index (χ1) is 9.95. The predicted octanol–water partition coefficient (Wildman–Crippen LogP) is 2.89. The van der Waals surface area contributed by atoms with E-state index in [0.29, 0.717) is 5.75 Å². The van der Waals surface area contributed by atoms with E-state index in [2.05, 4.69) is 17.3 Å². The fourth-order valence-corrected chi connectivity index (χ4v) is 2.21. The summed E-state index contributed by atoms with van der Waals surface area (Å²) in [7, 11) is 2.11. The normalized spacial score (nSPS) is 14.5. The second-order valence-corrected chi connectivity index (χ2v) is 5.78. The molecule has 6 heteroatoms. The lowest BCUT2D eigenvalue weighted by Gasteiger charge is -2.17. The lowest BCUT2D eigenvalue weighted by molar-refractivity contribution is -0.384. The zero-order valence-electron chi connectivity index (χ0n) is 12.8. The van der Waals surface area contributed by atoms with Crippen molar-refractivity contribution in [3.05, 3.63) is 28.3 Å². The number of benzene rings is 1. The molecule has 1 saturated carbocycles. The number of non-ortho nitro benzene ring substituents is 1. The maximum Gasteiger partial charge on any atom is 0.275 e. The molecule has 0 radical (unpaired) electrons. The summed E-state index contributed by atoms with van der Waals surface area (Å²) in [5.41, 5.74) is 0.773. The predicted molar refractivity (Wildman–Crippen MR) is 83.0 cm³/mol. The van der Waals surface area contributed by atoms with E-state index < -0.39 is 4.92 Å². The van der Waals surface area contributed by atoms with Gasteiger partial charge in [-0.15, -0.1) is 0 Å². The fourth-order valence-electron chi connectivity index (χ4n) is 2.21. The van der Waals surface area contributed by atoms with E-state index >= 15 is 0 Å². The maximum absolute atomic E-state index is 11.0. The average Bonchev–Trinajstić information content (AvgIpc) is 3.21. The van der Waals surface area contributed by atoms with Crippen LogP contribution in [0.25, 0.3) is 0 Å². The minimum absolute atomic E-state index is 0.0131. The average molecular weight is 293 g/mol. The molecule has 0 amide bonds. The zero-order valence-corrected chi connectivity index (χ0v) is 12.8. The van der Waals surface area contributed by atoms with Crippen molar-refractivity contribution in [2.75, 3.05) is 25.5 Å². The first-order valence-electron chi connectivity index (χ1n) is 7.36. The summed E-state index contributed by atoms with van der Waals surface area (Å²) in [4.78, 5) is 12.9. The molecule has 6 nitrogen and oxygen atoms in total. The SMILES string of the molecule is CC(C)Oc1cc(NCCN(C)C2CC2)cc([N+](=O)[O-])c1. The first-order valence-corrected chi connectivity index (χ1v) is 7.36. The van der Waals surface area contributed by atoms with Gasteiger partial charge in [-0.1, -0.05) is 0 Å². The maximum atomic E-state index is 11.0. The van der Waals surface area contributed by atoms with Crippen LogP contribution >= 0.6 is 0 Å². The summed E-state index contributed by atoms with van der Waals surface area (Å²) in [6.45, 7) is 5.48. The summed E-state index contributed by atoms with van der Waals surface area (Å²) in [5.74, 6) is 0.525. The van der Waals surface area contributed by atoms with Crippen molar-refractivity contribution in [3.8, 4) is 5.75 Å². The highest BCUT2D eigenvalue weighted by Crippen LogP contribution is 2.27. The lowest BCUT2D eigenvalue weighted by atomic mass is 10.2. The van der Waals surface area contributed by atoms with Crippen LogP contribution in [0.1, 0.15) is 26.7 Å². The molecule has 21 heavy (non-hydrogen) atoms. The van der Waals surface area contributed by atoms with E-state index in [1.54, 1.807) is 6.07 Å². The lowest BCUT2D eigenvalue weighted by Crippen LogP contribution is -2.27. The standard InChI is InChI=1S/C15H23N3O3/c1-11(2)21-15-9-12(8-14(10-15)18(19)20)16-6-7-17(3)13-4-5-13/h8-11,13,16H,4-7H2,1-3H3. The minimum Gasteiger partial charge on any atom is -0.491 e. The molecule has 1 aromatic rings. The van der Waals surface area contributed by atoms with E-state index in [0.717, 1.165) is 24.8 Å². The van der Waals surface area contributed by atoms with Crippen molar-refractivity contribution in [1.29, 1.82) is 0 Å². The van der Waals surface area contributed by atoms with Crippen molar-refractivity contribution in [2.45, 2.75) is 38.8 Å². The fraction of sp³-hybridized carbons (Fsp3) is 0.600. The Labute approximate surface area is 125 Å². The Morgan fingerprint density at radius 3 is 2.71 bits per heavy atom. The molecule has 0 spiro atoms. The van der Waals surface area contributed by atoms with Crippen molar-refractivity contribution in [2.24, 2.45) is 0 Å². The highest BCUT2D eigenvalue weighted by atomic mass is 16.6. The Kier molecular flexibility index (Phi) is 5.01. The number of nitro groups is 1. The number of ether oxygens (including phenoxy) is 1. The van der Waals surface area contributed by atoms with Crippen LogP contribution in [0.4, 0.5) is 11.4 Å². The molecular weight excluding hydrogens is 270 g/mol. The third kappa shape index (κ3) is 4.90. The van der Waals surface area contributed by atoms with Crippen molar-refractivity contribution >= 4 is 11.4 Å². The Morgan fingerprint density at radius 1 is 1.43 bits per heavy atom. The van der Waals surface area contributed by atoms with Crippen LogP contribution in [0.3, 0.4) is 0 Å². The number of rotatable bonds is 8. The molecule has 0 heterocycles. The zero-order chi connectivity index (χ0) is 15.4. The number of hydrogen-bond donors (Lipinski definition) is 1. The highest BCUT2D eigenvalue weighted by molar-refractivity contribution is 5.56. The molecule has 1 N–H and O–H groups in total. The molecular formula is C15H23N3O3. The summed E-state index contributed by atoms with van der Waals surface area (Å²) < 4.78 is 5.57. The van der Waals surface area contributed by atoms with Gasteiger partial charge in [0, 0.05) is 37.0 Å². The molecule has 0 aromatic heterocycles. The monoisotopic (exact) mass is 293 g/mol. The minimum atomic E-state index is -0.394. The van der Waals surface area contributed by atoms with Crippen molar-refractivity contribution < 1.29 is 9.66 Å². The third-order valence-electron chi connectivity index (χ3n) is 3.44. The second-order valence-electron chi connectivity index (χ2n) is 5.78. The van der Waals surface area contributed by atoms with Gasteiger partial charge in [0.1, 0.15) is 5.75 Å². The summed E-state index contributed by atoms with van der Waals surface area (Å²) in [6, 6.07) is 5.53. The van der Waals surface area contributed by atoms with Gasteiger partial charge in [0.05, 0.1) is 17.1 Å². The smallest absolute Gasteiger partial charge is 0.275 e. The van der Waals surface area contributed by atoms with Gasteiger partial charge in [-0.3, -0.25) is 10.1 Å². The number of nitrogens with zero attached hydrogens (tertiary/aromatic N) is 2. The van der Waals surface area contributed by atoms with Gasteiger partial charge in [-0.05, 0) is 33.7 Å². The summed E-state index contributed by atoms with van der Waals surface area (Å²) in [6.07, 6.45) is 2.54. The summed E-state index contributed by atoms with van der Waals surface area (Å²) in [5, 5.41) is 14.2. The Bertz CT molecular complexity index is 501. The van der Waals surface area contributed by atoms with Crippen LogP contribution in [0.2, 0.25) is 0 Å². The van der Waals surface area contributed by atoms with Gasteiger partial charge in [0.15, 0.2) is 0 Å². The number of likely N-dealkylation sites (N-methyl/N-ethyl adjacent to an activating group) is 1. The van der Waals surface area contributed by atoms with Gasteiger partial charge >= 0.3 is 0 Å². The largest absolute Gasteiger partial charge is 0.491 e. The van der Waals surface area contributed by atoms with E-state index in [9.17, 15) is 10.1 Å². The molecule has 0 atom stereocenters. The van der Waals surface area contributed by atoms with Crippen LogP contribution in [0, 0.1) is 10.1 Å². The van der Waals surface area contributed by atoms with E-state index in [1.165, 1.54) is 18.9 Å². The van der Waals surface area contributed by atoms with Crippen LogP contribution < -0.4 is 10.1 Å². The molecule has 1 aliphatic carbocycles. The van der Waals surface area contributed by atoms with Gasteiger partial charge in [-0.2, -0.15) is 0 Å². The molecule has 0 saturated heterocycles. The van der Waals surface area contributed by atoms with Gasteiger partial charge in [0.25, 0.3) is 5.69 Å². The number of nitro benzene ring substituents is 1.